The largest absolute Gasteiger partial charge is 0.481 e. The van der Waals surface area contributed by atoms with Gasteiger partial charge in [-0.25, -0.2) is 4.39 Å². The third-order valence-electron chi connectivity index (χ3n) is 3.61. The summed E-state index contributed by atoms with van der Waals surface area (Å²) in [7, 11) is 1.47. The van der Waals surface area contributed by atoms with Crippen LogP contribution >= 0.6 is 0 Å². The Hall–Kier alpha value is -1.95. The SMILES string of the molecule is Cc1cccc(C(=O)N(C)C2COCC2C(=O)O)c1F. The number of halogens is 1. The number of carbonyl (C=O) groups excluding carboxylic acids is 1. The Balaban J connectivity index is 2.24. The lowest BCUT2D eigenvalue weighted by molar-refractivity contribution is -0.142. The van der Waals surface area contributed by atoms with Crippen LogP contribution in [0.25, 0.3) is 0 Å². The van der Waals surface area contributed by atoms with Gasteiger partial charge in [-0.15, -0.1) is 0 Å². The minimum absolute atomic E-state index is 0.0523. The zero-order valence-corrected chi connectivity index (χ0v) is 11.3. The number of hydrogen-bond donors (Lipinski definition) is 1. The number of aryl methyl sites for hydroxylation is 1. The molecule has 2 unspecified atom stereocenters. The van der Waals surface area contributed by atoms with Gasteiger partial charge in [-0.3, -0.25) is 9.59 Å². The van der Waals surface area contributed by atoms with Crippen LogP contribution in [0.15, 0.2) is 18.2 Å². The number of likely N-dealkylation sites (N-methyl/N-ethyl adjacent to an activating group) is 1. The summed E-state index contributed by atoms with van der Waals surface area (Å²) < 4.78 is 19.1. The van der Waals surface area contributed by atoms with E-state index in [9.17, 15) is 14.0 Å². The molecule has 1 saturated heterocycles. The molecule has 0 radical (unpaired) electrons. The van der Waals surface area contributed by atoms with E-state index < -0.39 is 29.7 Å². The number of rotatable bonds is 3. The second-order valence-electron chi connectivity index (χ2n) is 4.90. The van der Waals surface area contributed by atoms with E-state index in [1.54, 1.807) is 19.1 Å². The molecule has 0 spiro atoms. The number of carboxylic acid groups (broad SMARTS) is 1. The predicted octanol–water partition coefficient (Wildman–Crippen LogP) is 1.31. The van der Waals surface area contributed by atoms with Crippen LogP contribution in [-0.2, 0) is 9.53 Å². The Bertz CT molecular complexity index is 546. The molecule has 0 aliphatic carbocycles. The summed E-state index contributed by atoms with van der Waals surface area (Å²) in [6.45, 7) is 1.78. The lowest BCUT2D eigenvalue weighted by Crippen LogP contribution is -2.44. The van der Waals surface area contributed by atoms with Crippen LogP contribution in [0.2, 0.25) is 0 Å². The first-order valence-corrected chi connectivity index (χ1v) is 6.26. The molecule has 1 amide bonds. The number of hydrogen-bond acceptors (Lipinski definition) is 3. The Labute approximate surface area is 116 Å². The zero-order chi connectivity index (χ0) is 14.9. The molecule has 5 nitrogen and oxygen atoms in total. The monoisotopic (exact) mass is 281 g/mol. The average Bonchev–Trinajstić information content (AvgIpc) is 2.89. The molecule has 108 valence electrons. The van der Waals surface area contributed by atoms with Crippen molar-refractivity contribution in [3.8, 4) is 0 Å². The first-order valence-electron chi connectivity index (χ1n) is 6.26. The fourth-order valence-electron chi connectivity index (χ4n) is 2.31. The lowest BCUT2D eigenvalue weighted by Gasteiger charge is -2.26. The van der Waals surface area contributed by atoms with Crippen molar-refractivity contribution in [3.63, 3.8) is 0 Å². The van der Waals surface area contributed by atoms with Gasteiger partial charge in [-0.05, 0) is 18.6 Å². The molecule has 1 aromatic rings. The molecule has 1 aliphatic heterocycles. The fourth-order valence-corrected chi connectivity index (χ4v) is 2.31. The maximum atomic E-state index is 14.0. The molecular formula is C14H16FNO4. The number of amides is 1. The van der Waals surface area contributed by atoms with Crippen molar-refractivity contribution in [2.75, 3.05) is 20.3 Å². The van der Waals surface area contributed by atoms with Gasteiger partial charge in [0.15, 0.2) is 0 Å². The summed E-state index contributed by atoms with van der Waals surface area (Å²) in [4.78, 5) is 24.7. The first-order chi connectivity index (χ1) is 9.43. The maximum Gasteiger partial charge on any atom is 0.311 e. The van der Waals surface area contributed by atoms with E-state index in [1.807, 2.05) is 0 Å². The van der Waals surface area contributed by atoms with E-state index in [2.05, 4.69) is 0 Å². The summed E-state index contributed by atoms with van der Waals surface area (Å²) in [5.74, 6) is -2.91. The molecule has 1 aromatic carbocycles. The molecular weight excluding hydrogens is 265 g/mol. The number of carboxylic acids is 1. The average molecular weight is 281 g/mol. The molecule has 2 rings (SSSR count). The summed E-state index contributed by atoms with van der Waals surface area (Å²) >= 11 is 0. The summed E-state index contributed by atoms with van der Waals surface area (Å²) in [5, 5.41) is 9.09. The van der Waals surface area contributed by atoms with Gasteiger partial charge in [-0.1, -0.05) is 12.1 Å². The number of aliphatic carboxylic acids is 1. The standard InChI is InChI=1S/C14H16FNO4/c1-8-4-3-5-9(12(8)15)13(17)16(2)11-7-20-6-10(11)14(18)19/h3-5,10-11H,6-7H2,1-2H3,(H,18,19). The van der Waals surface area contributed by atoms with E-state index in [4.69, 9.17) is 9.84 Å². The molecule has 1 heterocycles. The Morgan fingerprint density at radius 1 is 1.40 bits per heavy atom. The molecule has 2 atom stereocenters. The summed E-state index contributed by atoms with van der Waals surface area (Å²) in [6.07, 6.45) is 0. The van der Waals surface area contributed by atoms with Gasteiger partial charge >= 0.3 is 5.97 Å². The van der Waals surface area contributed by atoms with Crippen LogP contribution in [0.1, 0.15) is 15.9 Å². The second-order valence-corrected chi connectivity index (χ2v) is 4.90. The van der Waals surface area contributed by atoms with Crippen molar-refractivity contribution in [3.05, 3.63) is 35.1 Å². The van der Waals surface area contributed by atoms with Crippen molar-refractivity contribution >= 4 is 11.9 Å². The van der Waals surface area contributed by atoms with E-state index >= 15 is 0 Å². The van der Waals surface area contributed by atoms with Gasteiger partial charge in [0.1, 0.15) is 11.7 Å². The minimum atomic E-state index is -1.02. The molecule has 1 aliphatic rings. The van der Waals surface area contributed by atoms with Crippen LogP contribution in [0.4, 0.5) is 4.39 Å². The summed E-state index contributed by atoms with van der Waals surface area (Å²) in [6, 6.07) is 3.98. The Morgan fingerprint density at radius 3 is 2.75 bits per heavy atom. The molecule has 1 fully saturated rings. The third kappa shape index (κ3) is 2.51. The van der Waals surface area contributed by atoms with Crippen LogP contribution in [0.3, 0.4) is 0 Å². The topological polar surface area (TPSA) is 66.8 Å². The zero-order valence-electron chi connectivity index (χ0n) is 11.3. The van der Waals surface area contributed by atoms with Gasteiger partial charge in [0.05, 0.1) is 24.8 Å². The Morgan fingerprint density at radius 2 is 2.10 bits per heavy atom. The number of nitrogens with zero attached hydrogens (tertiary/aromatic N) is 1. The van der Waals surface area contributed by atoms with Crippen molar-refractivity contribution in [2.45, 2.75) is 13.0 Å². The highest BCUT2D eigenvalue weighted by Crippen LogP contribution is 2.22. The van der Waals surface area contributed by atoms with E-state index in [-0.39, 0.29) is 18.8 Å². The first kappa shape index (κ1) is 14.5. The van der Waals surface area contributed by atoms with Gasteiger partial charge in [0, 0.05) is 7.05 Å². The van der Waals surface area contributed by atoms with Crippen LogP contribution in [0.5, 0.6) is 0 Å². The Kier molecular flexibility index (Phi) is 4.04. The van der Waals surface area contributed by atoms with Gasteiger partial charge < -0.3 is 14.7 Å². The number of carbonyl (C=O) groups is 2. The van der Waals surface area contributed by atoms with Gasteiger partial charge in [0.25, 0.3) is 5.91 Å². The third-order valence-corrected chi connectivity index (χ3v) is 3.61. The van der Waals surface area contributed by atoms with E-state index in [1.165, 1.54) is 18.0 Å². The predicted molar refractivity (Wildman–Crippen MR) is 69.0 cm³/mol. The molecule has 0 bridgehead atoms. The van der Waals surface area contributed by atoms with Crippen molar-refractivity contribution in [1.29, 1.82) is 0 Å². The van der Waals surface area contributed by atoms with Crippen molar-refractivity contribution in [2.24, 2.45) is 5.92 Å². The normalized spacial score (nSPS) is 21.8. The van der Waals surface area contributed by atoms with Crippen LogP contribution < -0.4 is 0 Å². The quantitative estimate of drug-likeness (QED) is 0.907. The highest BCUT2D eigenvalue weighted by atomic mass is 19.1. The number of benzene rings is 1. The van der Waals surface area contributed by atoms with Crippen molar-refractivity contribution < 1.29 is 23.8 Å². The van der Waals surface area contributed by atoms with Gasteiger partial charge in [-0.2, -0.15) is 0 Å². The summed E-state index contributed by atoms with van der Waals surface area (Å²) in [5.41, 5.74) is 0.324. The van der Waals surface area contributed by atoms with Crippen molar-refractivity contribution in [1.82, 2.24) is 4.90 Å². The maximum absolute atomic E-state index is 14.0. The lowest BCUT2D eigenvalue weighted by atomic mass is 10.0. The second kappa shape index (κ2) is 5.58. The molecule has 6 heteroatoms. The molecule has 0 aromatic heterocycles. The molecule has 1 N–H and O–H groups in total. The molecule has 0 saturated carbocycles. The highest BCUT2D eigenvalue weighted by molar-refractivity contribution is 5.95. The molecule has 20 heavy (non-hydrogen) atoms. The van der Waals surface area contributed by atoms with E-state index in [0.29, 0.717) is 5.56 Å². The highest BCUT2D eigenvalue weighted by Gasteiger charge is 2.39. The van der Waals surface area contributed by atoms with Crippen LogP contribution in [0, 0.1) is 18.7 Å². The minimum Gasteiger partial charge on any atom is -0.481 e. The number of ether oxygens (including phenoxy) is 1. The van der Waals surface area contributed by atoms with Gasteiger partial charge in [0.2, 0.25) is 0 Å². The van der Waals surface area contributed by atoms with Crippen LogP contribution in [-0.4, -0.2) is 48.2 Å². The smallest absolute Gasteiger partial charge is 0.311 e. The van der Waals surface area contributed by atoms with E-state index in [0.717, 1.165) is 0 Å². The fraction of sp³-hybridized carbons (Fsp3) is 0.429.